The van der Waals surface area contributed by atoms with Crippen LogP contribution in [0.2, 0.25) is 0 Å². The maximum Gasteiger partial charge on any atom is 0.242 e. The third-order valence-corrected chi connectivity index (χ3v) is 5.39. The number of amides is 2. The molecular weight excluding hydrogens is 356 g/mol. The van der Waals surface area contributed by atoms with Gasteiger partial charge in [-0.2, -0.15) is 0 Å². The Morgan fingerprint density at radius 2 is 1.46 bits per heavy atom. The molecule has 0 bridgehead atoms. The first-order valence-corrected chi connectivity index (χ1v) is 9.87. The Morgan fingerprint density at radius 1 is 0.893 bits per heavy atom. The van der Waals surface area contributed by atoms with Crippen molar-refractivity contribution in [3.8, 4) is 0 Å². The fourth-order valence-electron chi connectivity index (χ4n) is 3.68. The van der Waals surface area contributed by atoms with Crippen molar-refractivity contribution in [2.24, 2.45) is 4.99 Å². The smallest absolute Gasteiger partial charge is 0.242 e. The van der Waals surface area contributed by atoms with E-state index in [4.69, 9.17) is 0 Å². The van der Waals surface area contributed by atoms with Gasteiger partial charge in [-0.3, -0.25) is 14.6 Å². The topological polar surface area (TPSA) is 71.5 Å². The molecule has 28 heavy (non-hydrogen) atoms. The lowest BCUT2D eigenvalue weighted by molar-refractivity contribution is -0.130. The standard InChI is InChI=1S/C20H30N6O2/c1-17(27)23-8-14-26(15-9-23)20(21-2)22-16-19(28)25-12-10-24(11-13-25)18-6-4-3-5-7-18/h3-7H,8-16H2,1-2H3,(H,21,22). The molecule has 0 aliphatic carbocycles. The van der Waals surface area contributed by atoms with Gasteiger partial charge in [0.25, 0.3) is 0 Å². The number of para-hydroxylation sites is 1. The van der Waals surface area contributed by atoms with E-state index in [0.717, 1.165) is 45.2 Å². The zero-order valence-electron chi connectivity index (χ0n) is 16.8. The highest BCUT2D eigenvalue weighted by Crippen LogP contribution is 2.15. The van der Waals surface area contributed by atoms with E-state index in [9.17, 15) is 9.59 Å². The number of aliphatic imine (C=N–C) groups is 1. The molecule has 2 aliphatic rings. The fourth-order valence-corrected chi connectivity index (χ4v) is 3.68. The number of carbonyl (C=O) groups excluding carboxylic acids is 2. The minimum absolute atomic E-state index is 0.0937. The van der Waals surface area contributed by atoms with Crippen molar-refractivity contribution >= 4 is 23.5 Å². The molecule has 2 aliphatic heterocycles. The van der Waals surface area contributed by atoms with Gasteiger partial charge < -0.3 is 24.9 Å². The molecule has 0 atom stereocenters. The Kier molecular flexibility index (Phi) is 6.73. The van der Waals surface area contributed by atoms with E-state index in [2.05, 4.69) is 32.2 Å². The normalized spacial score (nSPS) is 18.3. The number of hydrogen-bond donors (Lipinski definition) is 1. The van der Waals surface area contributed by atoms with Gasteiger partial charge in [0.05, 0.1) is 6.54 Å². The molecule has 0 aromatic heterocycles. The maximum atomic E-state index is 12.6. The second-order valence-corrected chi connectivity index (χ2v) is 7.10. The summed E-state index contributed by atoms with van der Waals surface area (Å²) in [5.74, 6) is 0.920. The van der Waals surface area contributed by atoms with E-state index >= 15 is 0 Å². The first kappa shape index (κ1) is 20.0. The molecule has 0 radical (unpaired) electrons. The quantitative estimate of drug-likeness (QED) is 0.588. The Bertz CT molecular complexity index is 692. The number of nitrogens with one attached hydrogen (secondary N) is 1. The summed E-state index contributed by atoms with van der Waals surface area (Å²) < 4.78 is 0. The molecule has 2 fully saturated rings. The van der Waals surface area contributed by atoms with Crippen LogP contribution in [-0.2, 0) is 9.59 Å². The van der Waals surface area contributed by atoms with Crippen LogP contribution in [0.25, 0.3) is 0 Å². The molecule has 8 heteroatoms. The maximum absolute atomic E-state index is 12.6. The largest absolute Gasteiger partial charge is 0.368 e. The Hall–Kier alpha value is -2.77. The van der Waals surface area contributed by atoms with Crippen LogP contribution in [0, 0.1) is 0 Å². The van der Waals surface area contributed by atoms with Crippen LogP contribution < -0.4 is 10.2 Å². The van der Waals surface area contributed by atoms with Gasteiger partial charge in [-0.05, 0) is 12.1 Å². The number of piperazine rings is 2. The van der Waals surface area contributed by atoms with Crippen molar-refractivity contribution in [2.45, 2.75) is 6.92 Å². The number of hydrogen-bond acceptors (Lipinski definition) is 4. The molecule has 152 valence electrons. The summed E-state index contributed by atoms with van der Waals surface area (Å²) in [5, 5.41) is 3.19. The number of anilines is 1. The monoisotopic (exact) mass is 386 g/mol. The lowest BCUT2D eigenvalue weighted by atomic mass is 10.2. The number of guanidine groups is 1. The fraction of sp³-hybridized carbons (Fsp3) is 0.550. The van der Waals surface area contributed by atoms with E-state index in [1.807, 2.05) is 28.0 Å². The van der Waals surface area contributed by atoms with Crippen LogP contribution in [0.5, 0.6) is 0 Å². The zero-order chi connectivity index (χ0) is 19.9. The molecule has 2 saturated heterocycles. The Balaban J connectivity index is 1.43. The van der Waals surface area contributed by atoms with Gasteiger partial charge in [0, 0.05) is 72.0 Å². The summed E-state index contributed by atoms with van der Waals surface area (Å²) in [4.78, 5) is 36.5. The van der Waals surface area contributed by atoms with Crippen LogP contribution in [-0.4, -0.2) is 98.4 Å². The highest BCUT2D eigenvalue weighted by atomic mass is 16.2. The second kappa shape index (κ2) is 9.43. The number of rotatable bonds is 3. The Morgan fingerprint density at radius 3 is 2.04 bits per heavy atom. The van der Waals surface area contributed by atoms with E-state index in [0.29, 0.717) is 13.1 Å². The van der Waals surface area contributed by atoms with E-state index in [1.165, 1.54) is 5.69 Å². The van der Waals surface area contributed by atoms with Gasteiger partial charge in [0.2, 0.25) is 11.8 Å². The van der Waals surface area contributed by atoms with Crippen LogP contribution in [0.1, 0.15) is 6.92 Å². The van der Waals surface area contributed by atoms with E-state index < -0.39 is 0 Å². The van der Waals surface area contributed by atoms with E-state index in [1.54, 1.807) is 14.0 Å². The lowest BCUT2D eigenvalue weighted by Crippen LogP contribution is -2.55. The molecule has 2 amide bonds. The number of carbonyl (C=O) groups is 2. The van der Waals surface area contributed by atoms with Gasteiger partial charge >= 0.3 is 0 Å². The van der Waals surface area contributed by atoms with Gasteiger partial charge in [-0.1, -0.05) is 18.2 Å². The summed E-state index contributed by atoms with van der Waals surface area (Å²) >= 11 is 0. The van der Waals surface area contributed by atoms with Crippen LogP contribution in [0.3, 0.4) is 0 Å². The number of nitrogens with zero attached hydrogens (tertiary/aromatic N) is 5. The summed E-state index contributed by atoms with van der Waals surface area (Å²) in [5.41, 5.74) is 1.21. The molecule has 2 heterocycles. The second-order valence-electron chi connectivity index (χ2n) is 7.10. The highest BCUT2D eigenvalue weighted by molar-refractivity contribution is 5.87. The third-order valence-electron chi connectivity index (χ3n) is 5.39. The van der Waals surface area contributed by atoms with Gasteiger partial charge in [-0.15, -0.1) is 0 Å². The minimum Gasteiger partial charge on any atom is -0.368 e. The molecule has 0 spiro atoms. The predicted octanol–water partition coefficient (Wildman–Crippen LogP) is 0.0747. The molecule has 0 saturated carbocycles. The van der Waals surface area contributed by atoms with Gasteiger partial charge in [-0.25, -0.2) is 0 Å². The molecule has 1 aromatic rings. The Labute approximate surface area is 166 Å². The van der Waals surface area contributed by atoms with Crippen LogP contribution in [0.15, 0.2) is 35.3 Å². The van der Waals surface area contributed by atoms with Gasteiger partial charge in [0.15, 0.2) is 5.96 Å². The highest BCUT2D eigenvalue weighted by Gasteiger charge is 2.24. The lowest BCUT2D eigenvalue weighted by Gasteiger charge is -2.37. The first-order chi connectivity index (χ1) is 13.6. The molecule has 3 rings (SSSR count). The summed E-state index contributed by atoms with van der Waals surface area (Å²) in [6.45, 7) is 7.80. The summed E-state index contributed by atoms with van der Waals surface area (Å²) in [6.07, 6.45) is 0. The first-order valence-electron chi connectivity index (χ1n) is 9.87. The number of benzene rings is 1. The van der Waals surface area contributed by atoms with Crippen molar-refractivity contribution in [1.29, 1.82) is 0 Å². The molecule has 8 nitrogen and oxygen atoms in total. The average Bonchev–Trinajstić information content (AvgIpc) is 2.75. The van der Waals surface area contributed by atoms with Crippen molar-refractivity contribution in [2.75, 3.05) is 70.9 Å². The van der Waals surface area contributed by atoms with Gasteiger partial charge in [0.1, 0.15) is 0 Å². The predicted molar refractivity (Wildman–Crippen MR) is 110 cm³/mol. The van der Waals surface area contributed by atoms with Crippen molar-refractivity contribution in [1.82, 2.24) is 20.0 Å². The SMILES string of the molecule is CN=C(NCC(=O)N1CCN(c2ccccc2)CC1)N1CCN(C(C)=O)CC1. The van der Waals surface area contributed by atoms with Crippen LogP contribution >= 0.6 is 0 Å². The van der Waals surface area contributed by atoms with Crippen molar-refractivity contribution < 1.29 is 9.59 Å². The summed E-state index contributed by atoms with van der Waals surface area (Å²) in [7, 11) is 1.72. The molecule has 1 N–H and O–H groups in total. The molecular formula is C20H30N6O2. The zero-order valence-corrected chi connectivity index (χ0v) is 16.8. The van der Waals surface area contributed by atoms with Crippen LogP contribution in [0.4, 0.5) is 5.69 Å². The van der Waals surface area contributed by atoms with Crippen molar-refractivity contribution in [3.05, 3.63) is 30.3 Å². The molecule has 1 aromatic carbocycles. The molecule has 0 unspecified atom stereocenters. The van der Waals surface area contributed by atoms with E-state index in [-0.39, 0.29) is 18.4 Å². The minimum atomic E-state index is 0.0937. The summed E-state index contributed by atoms with van der Waals surface area (Å²) in [6, 6.07) is 10.3. The van der Waals surface area contributed by atoms with Crippen molar-refractivity contribution in [3.63, 3.8) is 0 Å². The average molecular weight is 387 g/mol. The third kappa shape index (κ3) is 4.94.